The number of halogens is 1. The normalized spacial score (nSPS) is 15.9. The van der Waals surface area contributed by atoms with E-state index in [-0.39, 0.29) is 30.0 Å². The number of morpholine rings is 1. The van der Waals surface area contributed by atoms with Crippen molar-refractivity contribution in [3.05, 3.63) is 45.9 Å². The molecule has 1 saturated heterocycles. The Kier molecular flexibility index (Phi) is 10.8. The fourth-order valence-electron chi connectivity index (χ4n) is 3.34. The van der Waals surface area contributed by atoms with Crippen LogP contribution in [0.2, 0.25) is 0 Å². The van der Waals surface area contributed by atoms with Crippen LogP contribution in [0.5, 0.6) is 5.75 Å². The van der Waals surface area contributed by atoms with Crippen LogP contribution >= 0.6 is 35.3 Å². The Morgan fingerprint density at radius 3 is 2.60 bits per heavy atom. The summed E-state index contributed by atoms with van der Waals surface area (Å²) in [7, 11) is 1.69. The molecule has 2 N–H and O–H groups in total. The second-order valence-corrected chi connectivity index (χ2v) is 8.18. The van der Waals surface area contributed by atoms with Crippen molar-refractivity contribution in [3.63, 3.8) is 0 Å². The molecule has 0 saturated carbocycles. The third-order valence-electron chi connectivity index (χ3n) is 4.86. The van der Waals surface area contributed by atoms with Gasteiger partial charge in [0.2, 0.25) is 0 Å². The fourth-order valence-corrected chi connectivity index (χ4v) is 4.06. The Labute approximate surface area is 200 Å². The van der Waals surface area contributed by atoms with Gasteiger partial charge in [-0.1, -0.05) is 12.1 Å². The highest BCUT2D eigenvalue weighted by atomic mass is 127. The van der Waals surface area contributed by atoms with Gasteiger partial charge < -0.3 is 20.1 Å². The lowest BCUT2D eigenvalue weighted by molar-refractivity contribution is 0.0170. The van der Waals surface area contributed by atoms with Crippen LogP contribution in [0, 0.1) is 6.92 Å². The van der Waals surface area contributed by atoms with Crippen LogP contribution in [0.4, 0.5) is 0 Å². The maximum Gasteiger partial charge on any atom is 0.191 e. The van der Waals surface area contributed by atoms with E-state index >= 15 is 0 Å². The number of methoxy groups -OCH3 is 1. The van der Waals surface area contributed by atoms with Gasteiger partial charge in [0, 0.05) is 37.3 Å². The number of aryl methyl sites for hydroxylation is 1. The van der Waals surface area contributed by atoms with Crippen LogP contribution in [-0.2, 0) is 11.3 Å². The van der Waals surface area contributed by atoms with Crippen molar-refractivity contribution in [1.82, 2.24) is 20.5 Å². The second-order valence-electron chi connectivity index (χ2n) is 6.86. The third kappa shape index (κ3) is 7.36. The van der Waals surface area contributed by atoms with Gasteiger partial charge in [-0.05, 0) is 31.5 Å². The van der Waals surface area contributed by atoms with E-state index in [0.29, 0.717) is 6.54 Å². The van der Waals surface area contributed by atoms with Gasteiger partial charge in [0.05, 0.1) is 37.9 Å². The Balaban J connectivity index is 0.00000320. The van der Waals surface area contributed by atoms with Crippen molar-refractivity contribution in [2.75, 3.05) is 46.5 Å². The highest BCUT2D eigenvalue weighted by Gasteiger charge is 2.23. The lowest BCUT2D eigenvalue weighted by Gasteiger charge is -2.35. The van der Waals surface area contributed by atoms with E-state index in [2.05, 4.69) is 39.6 Å². The quantitative estimate of drug-likeness (QED) is 0.302. The summed E-state index contributed by atoms with van der Waals surface area (Å²) in [6.45, 7) is 9.69. The molecule has 1 aliphatic rings. The van der Waals surface area contributed by atoms with Crippen LogP contribution in [-0.4, -0.2) is 62.3 Å². The summed E-state index contributed by atoms with van der Waals surface area (Å²) in [6.07, 6.45) is 1.90. The van der Waals surface area contributed by atoms with Gasteiger partial charge in [-0.25, -0.2) is 9.98 Å². The molecule has 3 rings (SSSR count). The second kappa shape index (κ2) is 13.1. The minimum absolute atomic E-state index is 0. The first kappa shape index (κ1) is 24.8. The molecule has 1 aromatic heterocycles. The van der Waals surface area contributed by atoms with Crippen molar-refractivity contribution in [3.8, 4) is 5.75 Å². The fraction of sp³-hybridized carbons (Fsp3) is 0.524. The van der Waals surface area contributed by atoms with Crippen molar-refractivity contribution < 1.29 is 9.47 Å². The van der Waals surface area contributed by atoms with Gasteiger partial charge in [0.1, 0.15) is 5.75 Å². The summed E-state index contributed by atoms with van der Waals surface area (Å²) >= 11 is 1.69. The number of guanidine groups is 1. The minimum Gasteiger partial charge on any atom is -0.497 e. The van der Waals surface area contributed by atoms with Crippen LogP contribution < -0.4 is 15.4 Å². The molecule has 1 aromatic carbocycles. The number of aliphatic imine (C=N–C) groups is 1. The summed E-state index contributed by atoms with van der Waals surface area (Å²) in [5, 5.41) is 7.95. The van der Waals surface area contributed by atoms with E-state index in [4.69, 9.17) is 14.5 Å². The van der Waals surface area contributed by atoms with Crippen LogP contribution in [0.25, 0.3) is 0 Å². The monoisotopic (exact) mass is 545 g/mol. The molecule has 166 valence electrons. The molecule has 2 heterocycles. The van der Waals surface area contributed by atoms with Gasteiger partial charge in [-0.15, -0.1) is 35.3 Å². The Bertz CT molecular complexity index is 778. The largest absolute Gasteiger partial charge is 0.497 e. The van der Waals surface area contributed by atoms with E-state index in [1.165, 1.54) is 10.4 Å². The molecule has 2 aromatic rings. The summed E-state index contributed by atoms with van der Waals surface area (Å²) in [6, 6.07) is 8.57. The molecule has 0 bridgehead atoms. The molecule has 1 aliphatic heterocycles. The highest BCUT2D eigenvalue weighted by Crippen LogP contribution is 2.23. The molecule has 1 atom stereocenters. The van der Waals surface area contributed by atoms with Gasteiger partial charge in [-0.2, -0.15) is 0 Å². The summed E-state index contributed by atoms with van der Waals surface area (Å²) < 4.78 is 10.9. The first-order valence-electron chi connectivity index (χ1n) is 10.1. The van der Waals surface area contributed by atoms with Gasteiger partial charge >= 0.3 is 0 Å². The van der Waals surface area contributed by atoms with Crippen molar-refractivity contribution in [2.45, 2.75) is 26.4 Å². The van der Waals surface area contributed by atoms with Gasteiger partial charge in [0.25, 0.3) is 0 Å². The number of nitrogens with zero attached hydrogens (tertiary/aromatic N) is 3. The molecule has 1 fully saturated rings. The lowest BCUT2D eigenvalue weighted by atomic mass is 10.0. The van der Waals surface area contributed by atoms with E-state index in [1.807, 2.05) is 25.3 Å². The standard InChI is InChI=1S/C21H31N5O2S.HI/c1-4-22-21(24-14-19-13-23-16(2)29-19)25-15-20(26-9-11-28-12-10-26)17-5-7-18(27-3)8-6-17;/h5-8,13,20H,4,9-12,14-15H2,1-3H3,(H2,22,24,25);1H. The SMILES string of the molecule is CCNC(=NCc1cnc(C)s1)NCC(c1ccc(OC)cc1)N1CCOCC1.I. The van der Waals surface area contributed by atoms with Crippen molar-refractivity contribution >= 4 is 41.3 Å². The maximum atomic E-state index is 5.55. The molecule has 9 heteroatoms. The number of ether oxygens (including phenoxy) is 2. The molecule has 1 unspecified atom stereocenters. The van der Waals surface area contributed by atoms with Gasteiger partial charge in [0.15, 0.2) is 5.96 Å². The van der Waals surface area contributed by atoms with Crippen LogP contribution in [0.1, 0.15) is 28.4 Å². The Hall–Kier alpha value is -1.43. The molecule has 0 radical (unpaired) electrons. The van der Waals surface area contributed by atoms with Crippen molar-refractivity contribution in [2.24, 2.45) is 4.99 Å². The van der Waals surface area contributed by atoms with Crippen LogP contribution in [0.3, 0.4) is 0 Å². The smallest absolute Gasteiger partial charge is 0.191 e. The number of thiazole rings is 1. The number of nitrogens with one attached hydrogen (secondary N) is 2. The Morgan fingerprint density at radius 2 is 2.00 bits per heavy atom. The zero-order valence-electron chi connectivity index (χ0n) is 17.9. The zero-order chi connectivity index (χ0) is 20.5. The maximum absolute atomic E-state index is 5.55. The molecule has 0 spiro atoms. The van der Waals surface area contributed by atoms with E-state index in [9.17, 15) is 0 Å². The van der Waals surface area contributed by atoms with E-state index < -0.39 is 0 Å². The predicted molar refractivity (Wildman–Crippen MR) is 133 cm³/mol. The molecule has 7 nitrogen and oxygen atoms in total. The highest BCUT2D eigenvalue weighted by molar-refractivity contribution is 14.0. The topological polar surface area (TPSA) is 71.0 Å². The zero-order valence-corrected chi connectivity index (χ0v) is 21.0. The number of benzene rings is 1. The van der Waals surface area contributed by atoms with Crippen molar-refractivity contribution in [1.29, 1.82) is 0 Å². The first-order valence-corrected chi connectivity index (χ1v) is 10.9. The predicted octanol–water partition coefficient (Wildman–Crippen LogP) is 3.21. The van der Waals surface area contributed by atoms with E-state index in [0.717, 1.165) is 56.1 Å². The minimum atomic E-state index is 0. The number of hydrogen-bond acceptors (Lipinski definition) is 6. The van der Waals surface area contributed by atoms with Crippen LogP contribution in [0.15, 0.2) is 35.5 Å². The van der Waals surface area contributed by atoms with Gasteiger partial charge in [-0.3, -0.25) is 4.90 Å². The third-order valence-corrected chi connectivity index (χ3v) is 5.75. The molecule has 0 amide bonds. The summed E-state index contributed by atoms with van der Waals surface area (Å²) in [5.74, 6) is 1.70. The first-order chi connectivity index (χ1) is 14.2. The Morgan fingerprint density at radius 1 is 1.27 bits per heavy atom. The molecular formula is C21H32IN5O2S. The average molecular weight is 545 g/mol. The average Bonchev–Trinajstić information content (AvgIpc) is 3.18. The molecular weight excluding hydrogens is 513 g/mol. The number of aromatic nitrogens is 1. The number of hydrogen-bond donors (Lipinski definition) is 2. The molecule has 0 aliphatic carbocycles. The summed E-state index contributed by atoms with van der Waals surface area (Å²) in [4.78, 5) is 12.7. The molecule has 30 heavy (non-hydrogen) atoms. The number of rotatable bonds is 8. The van der Waals surface area contributed by atoms with E-state index in [1.54, 1.807) is 18.4 Å². The summed E-state index contributed by atoms with van der Waals surface area (Å²) in [5.41, 5.74) is 1.26. The lowest BCUT2D eigenvalue weighted by Crippen LogP contribution is -2.46.